The van der Waals surface area contributed by atoms with Gasteiger partial charge in [0.15, 0.2) is 0 Å². The second kappa shape index (κ2) is 5.23. The molecule has 1 aliphatic carbocycles. The number of halogens is 1. The predicted octanol–water partition coefficient (Wildman–Crippen LogP) is 1.11. The summed E-state index contributed by atoms with van der Waals surface area (Å²) in [5, 5.41) is 12.0. The molecule has 17 heavy (non-hydrogen) atoms. The van der Waals surface area contributed by atoms with Crippen LogP contribution in [0.5, 0.6) is 0 Å². The molecule has 92 valence electrons. The van der Waals surface area contributed by atoms with Crippen molar-refractivity contribution in [2.75, 3.05) is 6.61 Å². The summed E-state index contributed by atoms with van der Waals surface area (Å²) >= 11 is 0. The van der Waals surface area contributed by atoms with Gasteiger partial charge in [0.05, 0.1) is 6.20 Å². The molecule has 0 saturated heterocycles. The van der Waals surface area contributed by atoms with Crippen LogP contribution >= 0.6 is 0 Å². The first-order valence-electron chi connectivity index (χ1n) is 5.74. The molecule has 1 aromatic heterocycles. The normalized spacial score (nSPS) is 23.6. The monoisotopic (exact) mass is 238 g/mol. The third-order valence-electron chi connectivity index (χ3n) is 3.17. The number of aliphatic hydroxyl groups excluding tert-OH is 1. The number of nitrogens with zero attached hydrogens (tertiary/aromatic N) is 1. The number of amides is 1. The van der Waals surface area contributed by atoms with Crippen LogP contribution in [-0.2, 0) is 0 Å². The molecule has 2 atom stereocenters. The van der Waals surface area contributed by atoms with Gasteiger partial charge in [-0.3, -0.25) is 4.79 Å². The van der Waals surface area contributed by atoms with Gasteiger partial charge in [0.25, 0.3) is 5.91 Å². The van der Waals surface area contributed by atoms with E-state index >= 15 is 0 Å². The maximum Gasteiger partial charge on any atom is 0.270 e. The van der Waals surface area contributed by atoms with Crippen molar-refractivity contribution in [3.8, 4) is 0 Å². The Hall–Kier alpha value is -1.49. The van der Waals surface area contributed by atoms with Crippen LogP contribution in [0.2, 0.25) is 0 Å². The van der Waals surface area contributed by atoms with E-state index in [1.165, 1.54) is 12.1 Å². The highest BCUT2D eigenvalue weighted by Gasteiger charge is 2.28. The predicted molar refractivity (Wildman–Crippen MR) is 59.9 cm³/mol. The van der Waals surface area contributed by atoms with Crippen molar-refractivity contribution in [1.82, 2.24) is 10.3 Å². The Morgan fingerprint density at radius 3 is 3.00 bits per heavy atom. The second-order valence-electron chi connectivity index (χ2n) is 4.32. The van der Waals surface area contributed by atoms with Gasteiger partial charge in [-0.25, -0.2) is 9.37 Å². The maximum absolute atomic E-state index is 12.6. The quantitative estimate of drug-likeness (QED) is 0.829. The van der Waals surface area contributed by atoms with Crippen molar-refractivity contribution < 1.29 is 14.3 Å². The van der Waals surface area contributed by atoms with Crippen LogP contribution in [0.3, 0.4) is 0 Å². The first-order chi connectivity index (χ1) is 8.20. The zero-order valence-corrected chi connectivity index (χ0v) is 9.40. The fraction of sp³-hybridized carbons (Fsp3) is 0.500. The van der Waals surface area contributed by atoms with E-state index in [0.717, 1.165) is 25.5 Å². The number of aliphatic hydroxyl groups is 1. The third-order valence-corrected chi connectivity index (χ3v) is 3.17. The average molecular weight is 238 g/mol. The molecule has 1 aliphatic rings. The molecular weight excluding hydrogens is 223 g/mol. The Kier molecular flexibility index (Phi) is 3.68. The number of pyridine rings is 1. The molecule has 1 amide bonds. The molecule has 2 unspecified atom stereocenters. The molecule has 0 spiro atoms. The van der Waals surface area contributed by atoms with E-state index in [-0.39, 0.29) is 30.2 Å². The van der Waals surface area contributed by atoms with Crippen LogP contribution in [0, 0.1) is 11.7 Å². The van der Waals surface area contributed by atoms with Gasteiger partial charge in [-0.15, -0.1) is 0 Å². The fourth-order valence-electron chi connectivity index (χ4n) is 2.20. The Balaban J connectivity index is 1.99. The molecule has 0 radical (unpaired) electrons. The number of aromatic nitrogens is 1. The smallest absolute Gasteiger partial charge is 0.270 e. The standard InChI is InChI=1S/C12H15FN2O2/c13-9-4-5-11(14-6-9)12(17)15-10-3-1-2-8(10)7-16/h4-6,8,10,16H,1-3,7H2,(H,15,17). The van der Waals surface area contributed by atoms with Crippen molar-refractivity contribution in [3.63, 3.8) is 0 Å². The first-order valence-corrected chi connectivity index (χ1v) is 5.74. The lowest BCUT2D eigenvalue weighted by molar-refractivity contribution is 0.0911. The van der Waals surface area contributed by atoms with Crippen molar-refractivity contribution in [3.05, 3.63) is 29.8 Å². The lowest BCUT2D eigenvalue weighted by Crippen LogP contribution is -2.38. The molecule has 1 saturated carbocycles. The first kappa shape index (κ1) is 12.0. The molecule has 4 nitrogen and oxygen atoms in total. The van der Waals surface area contributed by atoms with E-state index < -0.39 is 5.82 Å². The molecule has 0 aliphatic heterocycles. The highest BCUT2D eigenvalue weighted by molar-refractivity contribution is 5.92. The van der Waals surface area contributed by atoms with E-state index in [9.17, 15) is 9.18 Å². The number of nitrogens with one attached hydrogen (secondary N) is 1. The minimum absolute atomic E-state index is 0.000599. The Morgan fingerprint density at radius 2 is 2.35 bits per heavy atom. The van der Waals surface area contributed by atoms with Gasteiger partial charge in [-0.1, -0.05) is 6.42 Å². The van der Waals surface area contributed by atoms with Crippen LogP contribution in [0.4, 0.5) is 4.39 Å². The Morgan fingerprint density at radius 1 is 1.53 bits per heavy atom. The molecule has 0 aromatic carbocycles. The van der Waals surface area contributed by atoms with Gasteiger partial charge in [-0.2, -0.15) is 0 Å². The van der Waals surface area contributed by atoms with Crippen LogP contribution in [-0.4, -0.2) is 28.6 Å². The lowest BCUT2D eigenvalue weighted by atomic mass is 10.1. The Labute approximate surface area is 98.9 Å². The molecule has 0 bridgehead atoms. The maximum atomic E-state index is 12.6. The summed E-state index contributed by atoms with van der Waals surface area (Å²) < 4.78 is 12.6. The largest absolute Gasteiger partial charge is 0.396 e. The number of carbonyl (C=O) groups is 1. The lowest BCUT2D eigenvalue weighted by Gasteiger charge is -2.18. The van der Waals surface area contributed by atoms with Crippen LogP contribution in [0.25, 0.3) is 0 Å². The summed E-state index contributed by atoms with van der Waals surface area (Å²) in [4.78, 5) is 15.5. The van der Waals surface area contributed by atoms with Gasteiger partial charge in [0.1, 0.15) is 11.5 Å². The van der Waals surface area contributed by atoms with E-state index in [1.807, 2.05) is 0 Å². The zero-order valence-electron chi connectivity index (χ0n) is 9.40. The second-order valence-corrected chi connectivity index (χ2v) is 4.32. The van der Waals surface area contributed by atoms with Gasteiger partial charge >= 0.3 is 0 Å². The third kappa shape index (κ3) is 2.79. The van der Waals surface area contributed by atoms with E-state index in [0.29, 0.717) is 0 Å². The molecular formula is C12H15FN2O2. The number of carbonyl (C=O) groups excluding carboxylic acids is 1. The fourth-order valence-corrected chi connectivity index (χ4v) is 2.20. The van der Waals surface area contributed by atoms with Crippen LogP contribution in [0.1, 0.15) is 29.8 Å². The van der Waals surface area contributed by atoms with E-state index in [1.54, 1.807) is 0 Å². The molecule has 2 N–H and O–H groups in total. The van der Waals surface area contributed by atoms with E-state index in [4.69, 9.17) is 5.11 Å². The van der Waals surface area contributed by atoms with Gasteiger partial charge in [0.2, 0.25) is 0 Å². The van der Waals surface area contributed by atoms with Crippen molar-refractivity contribution >= 4 is 5.91 Å². The van der Waals surface area contributed by atoms with Crippen LogP contribution < -0.4 is 5.32 Å². The minimum atomic E-state index is -0.462. The summed E-state index contributed by atoms with van der Waals surface area (Å²) in [6.45, 7) is 0.0851. The highest BCUT2D eigenvalue weighted by Crippen LogP contribution is 2.25. The number of rotatable bonds is 3. The highest BCUT2D eigenvalue weighted by atomic mass is 19.1. The van der Waals surface area contributed by atoms with Crippen molar-refractivity contribution in [2.45, 2.75) is 25.3 Å². The minimum Gasteiger partial charge on any atom is -0.396 e. The molecule has 1 aromatic rings. The Bertz CT molecular complexity index is 394. The van der Waals surface area contributed by atoms with Crippen molar-refractivity contribution in [1.29, 1.82) is 0 Å². The van der Waals surface area contributed by atoms with Crippen LogP contribution in [0.15, 0.2) is 18.3 Å². The van der Waals surface area contributed by atoms with Gasteiger partial charge < -0.3 is 10.4 Å². The number of hydrogen-bond donors (Lipinski definition) is 2. The molecule has 5 heteroatoms. The van der Waals surface area contributed by atoms with Crippen molar-refractivity contribution in [2.24, 2.45) is 5.92 Å². The van der Waals surface area contributed by atoms with E-state index in [2.05, 4.69) is 10.3 Å². The summed E-state index contributed by atoms with van der Waals surface area (Å²) in [5.41, 5.74) is 0.204. The zero-order chi connectivity index (χ0) is 12.3. The summed E-state index contributed by atoms with van der Waals surface area (Å²) in [7, 11) is 0. The van der Waals surface area contributed by atoms with Gasteiger partial charge in [-0.05, 0) is 25.0 Å². The molecule has 1 heterocycles. The summed E-state index contributed by atoms with van der Waals surface area (Å²) in [6, 6.07) is 2.56. The van der Waals surface area contributed by atoms with Gasteiger partial charge in [0, 0.05) is 18.6 Å². The summed E-state index contributed by atoms with van der Waals surface area (Å²) in [6.07, 6.45) is 3.83. The summed E-state index contributed by atoms with van der Waals surface area (Å²) in [5.74, 6) is -0.648. The molecule has 1 fully saturated rings. The number of hydrogen-bond acceptors (Lipinski definition) is 3. The SMILES string of the molecule is O=C(NC1CCCC1CO)c1ccc(F)cn1. The average Bonchev–Trinajstić information content (AvgIpc) is 2.77. The topological polar surface area (TPSA) is 62.2 Å². The molecule has 2 rings (SSSR count).